The van der Waals surface area contributed by atoms with Crippen molar-refractivity contribution in [3.8, 4) is 5.75 Å². The zero-order valence-electron chi connectivity index (χ0n) is 13.7. The van der Waals surface area contributed by atoms with E-state index in [1.54, 1.807) is 24.3 Å². The number of carbonyl (C=O) groups excluding carboxylic acids is 1. The van der Waals surface area contributed by atoms with Crippen molar-refractivity contribution >= 4 is 16.9 Å². The summed E-state index contributed by atoms with van der Waals surface area (Å²) in [5.41, 5.74) is -0.244. The Bertz CT molecular complexity index is 777. The van der Waals surface area contributed by atoms with E-state index < -0.39 is 11.5 Å². The topological polar surface area (TPSA) is 77.8 Å². The molecule has 24 heavy (non-hydrogen) atoms. The van der Waals surface area contributed by atoms with E-state index in [4.69, 9.17) is 13.9 Å². The highest BCUT2D eigenvalue weighted by molar-refractivity contribution is 5.96. The summed E-state index contributed by atoms with van der Waals surface area (Å²) < 4.78 is 16.3. The monoisotopic (exact) mass is 331 g/mol. The van der Waals surface area contributed by atoms with Gasteiger partial charge in [0, 0.05) is 24.6 Å². The standard InChI is InChI=1S/C18H21NO5/c1-2-7-22-13-6-5-12-9-15(18(21)24-16(12)10-13)17(20)19-11-14-4-3-8-23-14/h5-6,9-10,14H,2-4,7-8,11H2,1H3,(H,19,20)/t14-/m0/s1. The predicted molar refractivity (Wildman–Crippen MR) is 89.6 cm³/mol. The van der Waals surface area contributed by atoms with Crippen LogP contribution in [0, 0.1) is 0 Å². The molecule has 0 bridgehead atoms. The Morgan fingerprint density at radius 1 is 1.38 bits per heavy atom. The molecule has 2 aromatic rings. The average Bonchev–Trinajstić information content (AvgIpc) is 3.10. The highest BCUT2D eigenvalue weighted by atomic mass is 16.5. The van der Waals surface area contributed by atoms with E-state index in [0.29, 0.717) is 29.9 Å². The van der Waals surface area contributed by atoms with Gasteiger partial charge in [0.1, 0.15) is 16.9 Å². The Morgan fingerprint density at radius 2 is 2.25 bits per heavy atom. The highest BCUT2D eigenvalue weighted by Gasteiger charge is 2.19. The van der Waals surface area contributed by atoms with Crippen molar-refractivity contribution < 1.29 is 18.7 Å². The zero-order valence-corrected chi connectivity index (χ0v) is 13.7. The molecule has 1 aliphatic rings. The lowest BCUT2D eigenvalue weighted by molar-refractivity contribution is 0.0855. The maximum atomic E-state index is 12.2. The van der Waals surface area contributed by atoms with Crippen LogP contribution in [0.5, 0.6) is 5.75 Å². The predicted octanol–water partition coefficient (Wildman–Crippen LogP) is 2.49. The molecule has 1 aromatic carbocycles. The van der Waals surface area contributed by atoms with Gasteiger partial charge in [-0.3, -0.25) is 4.79 Å². The molecule has 3 rings (SSSR count). The molecular formula is C18H21NO5. The minimum absolute atomic E-state index is 0.00252. The Labute approximate surface area is 139 Å². The van der Waals surface area contributed by atoms with Crippen LogP contribution in [0.25, 0.3) is 11.0 Å². The van der Waals surface area contributed by atoms with Crippen LogP contribution < -0.4 is 15.7 Å². The fraction of sp³-hybridized carbons (Fsp3) is 0.444. The van der Waals surface area contributed by atoms with Gasteiger partial charge in [0.05, 0.1) is 12.7 Å². The van der Waals surface area contributed by atoms with Crippen molar-refractivity contribution in [1.29, 1.82) is 0 Å². The van der Waals surface area contributed by atoms with Gasteiger partial charge in [-0.1, -0.05) is 6.92 Å². The van der Waals surface area contributed by atoms with Crippen molar-refractivity contribution in [3.05, 3.63) is 40.2 Å². The Kier molecular flexibility index (Phi) is 5.15. The van der Waals surface area contributed by atoms with Crippen LogP contribution >= 0.6 is 0 Å². The third-order valence-corrected chi connectivity index (χ3v) is 3.94. The van der Waals surface area contributed by atoms with Crippen molar-refractivity contribution in [2.24, 2.45) is 0 Å². The number of hydrogen-bond donors (Lipinski definition) is 1. The molecule has 0 saturated carbocycles. The van der Waals surface area contributed by atoms with Crippen LogP contribution in [0.3, 0.4) is 0 Å². The van der Waals surface area contributed by atoms with Gasteiger partial charge < -0.3 is 19.2 Å². The van der Waals surface area contributed by atoms with Crippen molar-refractivity contribution in [1.82, 2.24) is 5.32 Å². The van der Waals surface area contributed by atoms with E-state index in [9.17, 15) is 9.59 Å². The number of benzene rings is 1. The molecule has 1 aromatic heterocycles. The molecule has 1 saturated heterocycles. The molecule has 0 radical (unpaired) electrons. The molecule has 6 heteroatoms. The maximum absolute atomic E-state index is 12.2. The number of amides is 1. The van der Waals surface area contributed by atoms with E-state index in [2.05, 4.69) is 5.32 Å². The molecule has 128 valence electrons. The van der Waals surface area contributed by atoms with Gasteiger partial charge in [-0.2, -0.15) is 0 Å². The fourth-order valence-corrected chi connectivity index (χ4v) is 2.67. The summed E-state index contributed by atoms with van der Waals surface area (Å²) in [5.74, 6) is 0.204. The van der Waals surface area contributed by atoms with Gasteiger partial charge >= 0.3 is 5.63 Å². The van der Waals surface area contributed by atoms with Gasteiger partial charge in [-0.05, 0) is 37.5 Å². The largest absolute Gasteiger partial charge is 0.493 e. The first-order valence-electron chi connectivity index (χ1n) is 8.28. The van der Waals surface area contributed by atoms with E-state index in [0.717, 1.165) is 25.9 Å². The lowest BCUT2D eigenvalue weighted by Gasteiger charge is -2.10. The maximum Gasteiger partial charge on any atom is 0.349 e. The molecule has 6 nitrogen and oxygen atoms in total. The van der Waals surface area contributed by atoms with Crippen LogP contribution in [0.1, 0.15) is 36.5 Å². The summed E-state index contributed by atoms with van der Waals surface area (Å²) in [6.45, 7) is 3.74. The molecule has 1 fully saturated rings. The second-order valence-corrected chi connectivity index (χ2v) is 5.84. The van der Waals surface area contributed by atoms with E-state index in [-0.39, 0.29) is 11.7 Å². The first-order chi connectivity index (χ1) is 11.7. The normalized spacial score (nSPS) is 17.1. The highest BCUT2D eigenvalue weighted by Crippen LogP contribution is 2.20. The van der Waals surface area contributed by atoms with Gasteiger partial charge in [0.25, 0.3) is 5.91 Å². The van der Waals surface area contributed by atoms with Crippen molar-refractivity contribution in [2.45, 2.75) is 32.3 Å². The van der Waals surface area contributed by atoms with Gasteiger partial charge in [-0.25, -0.2) is 4.79 Å². The Hall–Kier alpha value is -2.34. The summed E-state index contributed by atoms with van der Waals surface area (Å²) in [6, 6.07) is 6.79. The second-order valence-electron chi connectivity index (χ2n) is 5.84. The zero-order chi connectivity index (χ0) is 16.9. The van der Waals surface area contributed by atoms with E-state index in [1.165, 1.54) is 0 Å². The van der Waals surface area contributed by atoms with Crippen molar-refractivity contribution in [2.75, 3.05) is 19.8 Å². The summed E-state index contributed by atoms with van der Waals surface area (Å²) in [6.07, 6.45) is 2.85. The van der Waals surface area contributed by atoms with Crippen molar-refractivity contribution in [3.63, 3.8) is 0 Å². The molecule has 0 aliphatic carbocycles. The number of nitrogens with one attached hydrogen (secondary N) is 1. The van der Waals surface area contributed by atoms with Crippen LogP contribution in [0.4, 0.5) is 0 Å². The number of ether oxygens (including phenoxy) is 2. The molecule has 2 heterocycles. The summed E-state index contributed by atoms with van der Waals surface area (Å²) in [5, 5.41) is 3.42. The van der Waals surface area contributed by atoms with Crippen LogP contribution in [0.15, 0.2) is 33.5 Å². The molecule has 1 aliphatic heterocycles. The molecule has 1 amide bonds. The minimum Gasteiger partial charge on any atom is -0.493 e. The van der Waals surface area contributed by atoms with Crippen LogP contribution in [-0.4, -0.2) is 31.8 Å². The minimum atomic E-state index is -0.653. The summed E-state index contributed by atoms with van der Waals surface area (Å²) in [7, 11) is 0. The van der Waals surface area contributed by atoms with E-state index in [1.807, 2.05) is 6.92 Å². The number of hydrogen-bond acceptors (Lipinski definition) is 5. The number of rotatable bonds is 6. The van der Waals surface area contributed by atoms with Crippen LogP contribution in [-0.2, 0) is 4.74 Å². The fourth-order valence-electron chi connectivity index (χ4n) is 2.67. The Morgan fingerprint density at radius 3 is 3.00 bits per heavy atom. The van der Waals surface area contributed by atoms with Gasteiger partial charge in [0.2, 0.25) is 0 Å². The Balaban J connectivity index is 1.76. The molecule has 0 spiro atoms. The molecular weight excluding hydrogens is 310 g/mol. The van der Waals surface area contributed by atoms with E-state index >= 15 is 0 Å². The number of fused-ring (bicyclic) bond motifs is 1. The molecule has 1 atom stereocenters. The summed E-state index contributed by atoms with van der Waals surface area (Å²) >= 11 is 0. The second kappa shape index (κ2) is 7.49. The lowest BCUT2D eigenvalue weighted by Crippen LogP contribution is -2.34. The number of carbonyl (C=O) groups is 1. The average molecular weight is 331 g/mol. The molecule has 1 N–H and O–H groups in total. The summed E-state index contributed by atoms with van der Waals surface area (Å²) in [4.78, 5) is 24.3. The first kappa shape index (κ1) is 16.5. The first-order valence-corrected chi connectivity index (χ1v) is 8.28. The lowest BCUT2D eigenvalue weighted by atomic mass is 10.1. The third-order valence-electron chi connectivity index (χ3n) is 3.94. The van der Waals surface area contributed by atoms with Gasteiger partial charge in [0.15, 0.2) is 0 Å². The van der Waals surface area contributed by atoms with Crippen LogP contribution in [0.2, 0.25) is 0 Å². The van der Waals surface area contributed by atoms with Gasteiger partial charge in [-0.15, -0.1) is 0 Å². The quantitative estimate of drug-likeness (QED) is 0.823. The smallest absolute Gasteiger partial charge is 0.349 e. The SMILES string of the molecule is CCCOc1ccc2cc(C(=O)NC[C@@H]3CCCO3)c(=O)oc2c1. The third kappa shape index (κ3) is 3.76. The molecule has 0 unspecified atom stereocenters.